The van der Waals surface area contributed by atoms with Crippen LogP contribution in [0.15, 0.2) is 22.8 Å². The van der Waals surface area contributed by atoms with Crippen molar-refractivity contribution in [1.82, 2.24) is 20.5 Å². The number of nitrogens with zero attached hydrogens (tertiary/aromatic N) is 3. The molecule has 2 unspecified atom stereocenters. The quantitative estimate of drug-likeness (QED) is 0.408. The van der Waals surface area contributed by atoms with Gasteiger partial charge in [-0.1, -0.05) is 11.2 Å². The molecule has 3 amide bonds. The summed E-state index contributed by atoms with van der Waals surface area (Å²) in [5.74, 6) is -5.08. The number of benzene rings is 1. The lowest BCUT2D eigenvalue weighted by molar-refractivity contribution is -0.183. The first-order chi connectivity index (χ1) is 20.4. The molecule has 15 heteroatoms. The van der Waals surface area contributed by atoms with Gasteiger partial charge in [-0.2, -0.15) is 13.2 Å². The molecule has 3 fully saturated rings. The molecular formula is C28H33F4N5O6. The molecule has 2 saturated carbocycles. The fraction of sp³-hybridized carbons (Fsp3) is 0.607. The van der Waals surface area contributed by atoms with Crippen molar-refractivity contribution in [1.29, 1.82) is 0 Å². The van der Waals surface area contributed by atoms with Crippen molar-refractivity contribution < 1.29 is 46.0 Å². The molecule has 11 nitrogen and oxygen atoms in total. The molecule has 1 aliphatic heterocycles. The molecule has 2 atom stereocenters. The van der Waals surface area contributed by atoms with E-state index in [-0.39, 0.29) is 28.8 Å². The van der Waals surface area contributed by atoms with Crippen molar-refractivity contribution in [2.45, 2.75) is 75.3 Å². The maximum absolute atomic E-state index is 15.2. The minimum Gasteiger partial charge on any atom is -0.348 e. The molecule has 5 rings (SSSR count). The third kappa shape index (κ3) is 7.15. The van der Waals surface area contributed by atoms with E-state index in [4.69, 9.17) is 14.1 Å². The first kappa shape index (κ1) is 30.9. The Morgan fingerprint density at radius 2 is 1.77 bits per heavy atom. The number of hydrogen-bond donors (Lipinski definition) is 2. The summed E-state index contributed by atoms with van der Waals surface area (Å²) in [6.45, 7) is 0.891. The highest BCUT2D eigenvalue weighted by Gasteiger charge is 2.44. The zero-order valence-corrected chi connectivity index (χ0v) is 23.7. The zero-order valence-electron chi connectivity index (χ0n) is 23.7. The lowest BCUT2D eigenvalue weighted by Crippen LogP contribution is -2.51. The van der Waals surface area contributed by atoms with Crippen LogP contribution in [0.3, 0.4) is 0 Å². The molecule has 1 aromatic heterocycles. The van der Waals surface area contributed by atoms with Gasteiger partial charge in [0.25, 0.3) is 5.91 Å². The van der Waals surface area contributed by atoms with Gasteiger partial charge in [-0.25, -0.2) is 9.02 Å². The van der Waals surface area contributed by atoms with Crippen LogP contribution in [-0.4, -0.2) is 77.7 Å². The van der Waals surface area contributed by atoms with Crippen LogP contribution in [0.2, 0.25) is 0 Å². The number of amides is 3. The molecule has 1 saturated heterocycles. The number of nitrogens with one attached hydrogen (secondary N) is 2. The van der Waals surface area contributed by atoms with Crippen molar-refractivity contribution in [2.75, 3.05) is 32.1 Å². The van der Waals surface area contributed by atoms with Gasteiger partial charge in [0.2, 0.25) is 11.8 Å². The molecule has 43 heavy (non-hydrogen) atoms. The van der Waals surface area contributed by atoms with Gasteiger partial charge in [0.05, 0.1) is 24.8 Å². The second-order valence-corrected chi connectivity index (χ2v) is 11.4. The average Bonchev–Trinajstić information content (AvgIpc) is 3.50. The molecule has 2 heterocycles. The van der Waals surface area contributed by atoms with Crippen LogP contribution in [0.25, 0.3) is 0 Å². The first-order valence-electron chi connectivity index (χ1n) is 14.2. The van der Waals surface area contributed by atoms with Gasteiger partial charge in [-0.05, 0) is 61.4 Å². The Morgan fingerprint density at radius 1 is 1.09 bits per heavy atom. The average molecular weight is 612 g/mol. The predicted octanol–water partition coefficient (Wildman–Crippen LogP) is 3.88. The standard InChI is InChI=1S/C28H33F4N5O6/c1-15(26(40)37(2)14-28(30,31)32)18-5-6-20(19(29)13-18)33-24(38)22(17-7-9-27(10-8-17)41-11-12-42-27)34-25(39)23-21(16-3-4-16)35-43-36-23/h5-6,13,15-17,22H,3-4,7-12,14H2,1-2H3,(H,33,38)(H,34,39). The molecule has 2 aliphatic carbocycles. The number of likely N-dealkylation sites (N-methyl/N-ethyl adjacent to an activating group) is 1. The van der Waals surface area contributed by atoms with E-state index in [9.17, 15) is 27.6 Å². The topological polar surface area (TPSA) is 136 Å². The summed E-state index contributed by atoms with van der Waals surface area (Å²) in [5, 5.41) is 12.9. The molecule has 1 aromatic carbocycles. The van der Waals surface area contributed by atoms with E-state index >= 15 is 4.39 Å². The van der Waals surface area contributed by atoms with E-state index in [0.29, 0.717) is 49.5 Å². The second-order valence-electron chi connectivity index (χ2n) is 11.4. The van der Waals surface area contributed by atoms with Crippen LogP contribution in [0.4, 0.5) is 23.2 Å². The highest BCUT2D eigenvalue weighted by molar-refractivity contribution is 6.01. The Bertz CT molecular complexity index is 1350. The minimum atomic E-state index is -4.57. The molecule has 0 radical (unpaired) electrons. The number of aromatic nitrogens is 2. The normalized spacial score (nSPS) is 20.0. The van der Waals surface area contributed by atoms with Crippen LogP contribution in [-0.2, 0) is 19.1 Å². The van der Waals surface area contributed by atoms with Crippen LogP contribution in [0.5, 0.6) is 0 Å². The zero-order chi connectivity index (χ0) is 30.9. The van der Waals surface area contributed by atoms with E-state index in [1.807, 2.05) is 0 Å². The molecule has 2 aromatic rings. The fourth-order valence-electron chi connectivity index (χ4n) is 5.72. The number of halogens is 4. The van der Waals surface area contributed by atoms with Crippen LogP contribution < -0.4 is 10.6 Å². The Labute approximate surface area is 244 Å². The molecule has 0 bridgehead atoms. The molecule has 2 N–H and O–H groups in total. The Kier molecular flexibility index (Phi) is 8.75. The smallest absolute Gasteiger partial charge is 0.348 e. The molecular weight excluding hydrogens is 578 g/mol. The Hall–Kier alpha value is -3.59. The Balaban J connectivity index is 1.30. The van der Waals surface area contributed by atoms with E-state index in [1.165, 1.54) is 19.1 Å². The van der Waals surface area contributed by atoms with Crippen molar-refractivity contribution in [2.24, 2.45) is 5.92 Å². The molecule has 234 valence electrons. The second kappa shape index (κ2) is 12.2. The van der Waals surface area contributed by atoms with Crippen molar-refractivity contribution in [3.8, 4) is 0 Å². The molecule has 1 spiro atoms. The summed E-state index contributed by atoms with van der Waals surface area (Å²) >= 11 is 0. The summed E-state index contributed by atoms with van der Waals surface area (Å²) in [5.41, 5.74) is 0.352. The van der Waals surface area contributed by atoms with Gasteiger partial charge in [0, 0.05) is 25.8 Å². The van der Waals surface area contributed by atoms with Crippen molar-refractivity contribution in [3.63, 3.8) is 0 Å². The van der Waals surface area contributed by atoms with Gasteiger partial charge in [-0.3, -0.25) is 14.4 Å². The predicted molar refractivity (Wildman–Crippen MR) is 141 cm³/mol. The fourth-order valence-corrected chi connectivity index (χ4v) is 5.72. The van der Waals surface area contributed by atoms with Gasteiger partial charge in [0.1, 0.15) is 24.1 Å². The number of hydrogen-bond acceptors (Lipinski definition) is 8. The third-order valence-electron chi connectivity index (χ3n) is 8.25. The monoisotopic (exact) mass is 611 g/mol. The Morgan fingerprint density at radius 3 is 2.37 bits per heavy atom. The lowest BCUT2D eigenvalue weighted by atomic mass is 9.80. The number of ether oxygens (including phenoxy) is 2. The summed E-state index contributed by atoms with van der Waals surface area (Å²) in [4.78, 5) is 39.8. The molecule has 3 aliphatic rings. The summed E-state index contributed by atoms with van der Waals surface area (Å²) in [7, 11) is 1.02. The third-order valence-corrected chi connectivity index (χ3v) is 8.25. The SMILES string of the molecule is CC(C(=O)N(C)CC(F)(F)F)c1ccc(NC(=O)C(NC(=O)c2nonc2C2CC2)C2CCC3(CC2)OCCO3)c(F)c1. The van der Waals surface area contributed by atoms with Crippen molar-refractivity contribution in [3.05, 3.63) is 41.0 Å². The van der Waals surface area contributed by atoms with Gasteiger partial charge >= 0.3 is 6.18 Å². The van der Waals surface area contributed by atoms with E-state index < -0.39 is 54.0 Å². The summed E-state index contributed by atoms with van der Waals surface area (Å²) in [6, 6.07) is 2.51. The van der Waals surface area contributed by atoms with Gasteiger partial charge < -0.3 is 25.0 Å². The van der Waals surface area contributed by atoms with Gasteiger partial charge in [-0.15, -0.1) is 0 Å². The van der Waals surface area contributed by atoms with Crippen LogP contribution >= 0.6 is 0 Å². The minimum absolute atomic E-state index is 0.000261. The van der Waals surface area contributed by atoms with E-state index in [2.05, 4.69) is 20.9 Å². The number of anilines is 1. The van der Waals surface area contributed by atoms with Crippen LogP contribution in [0.1, 0.15) is 79.0 Å². The lowest BCUT2D eigenvalue weighted by Gasteiger charge is -2.38. The number of carbonyl (C=O) groups excluding carboxylic acids is 3. The number of alkyl halides is 3. The van der Waals surface area contributed by atoms with Crippen molar-refractivity contribution >= 4 is 23.4 Å². The first-order valence-corrected chi connectivity index (χ1v) is 14.2. The van der Waals surface area contributed by atoms with Crippen LogP contribution in [0, 0.1) is 11.7 Å². The van der Waals surface area contributed by atoms with E-state index in [0.717, 1.165) is 26.0 Å². The summed E-state index contributed by atoms with van der Waals surface area (Å²) < 4.78 is 69.7. The maximum atomic E-state index is 15.2. The number of carbonyl (C=O) groups is 3. The largest absolute Gasteiger partial charge is 0.406 e. The van der Waals surface area contributed by atoms with E-state index in [1.54, 1.807) is 0 Å². The highest BCUT2D eigenvalue weighted by atomic mass is 19.4. The van der Waals surface area contributed by atoms with Gasteiger partial charge in [0.15, 0.2) is 11.5 Å². The highest BCUT2D eigenvalue weighted by Crippen LogP contribution is 2.41. The maximum Gasteiger partial charge on any atom is 0.406 e. The summed E-state index contributed by atoms with van der Waals surface area (Å²) in [6.07, 6.45) is -0.895. The number of rotatable bonds is 9.